The Morgan fingerprint density at radius 3 is 1.15 bits per heavy atom. The molecule has 12 aromatic rings. The van der Waals surface area contributed by atoms with E-state index in [1.807, 2.05) is 0 Å². The maximum absolute atomic E-state index is 2.37. The van der Waals surface area contributed by atoms with Crippen LogP contribution in [-0.2, 0) is 16.2 Å². The van der Waals surface area contributed by atoms with Crippen molar-refractivity contribution in [1.82, 2.24) is 0 Å². The van der Waals surface area contributed by atoms with Gasteiger partial charge in [-0.1, -0.05) is 340 Å². The summed E-state index contributed by atoms with van der Waals surface area (Å²) in [5.41, 5.74) is 31.5. The number of hydrogen-bond donors (Lipinski definition) is 0. The second-order valence-corrected chi connectivity index (χ2v) is 26.0. The fourth-order valence-corrected chi connectivity index (χ4v) is 12.4. The van der Waals surface area contributed by atoms with Crippen LogP contribution in [0.3, 0.4) is 0 Å². The molecule has 0 saturated carbocycles. The monoisotopic (exact) mass is 1150 g/mol. The predicted molar refractivity (Wildman–Crippen MR) is 383 cm³/mol. The molecular formula is C88H90. The van der Waals surface area contributed by atoms with Crippen LogP contribution in [0.5, 0.6) is 0 Å². The highest BCUT2D eigenvalue weighted by molar-refractivity contribution is 5.88. The van der Waals surface area contributed by atoms with Gasteiger partial charge in [-0.2, -0.15) is 0 Å². The zero-order chi connectivity index (χ0) is 62.8. The summed E-state index contributed by atoms with van der Waals surface area (Å²) in [4.78, 5) is 0. The lowest BCUT2D eigenvalue weighted by Gasteiger charge is -2.34. The molecule has 0 atom stereocenters. The average molecular weight is 1150 g/mol. The lowest BCUT2D eigenvalue weighted by Crippen LogP contribution is -2.28. The van der Waals surface area contributed by atoms with E-state index in [4.69, 9.17) is 0 Å². The van der Waals surface area contributed by atoms with E-state index in [1.165, 1.54) is 139 Å². The number of benzene rings is 12. The maximum atomic E-state index is 2.37. The molecule has 0 aliphatic heterocycles. The standard InChI is InChI=1S/C26H20.C17H14.C16H16.C11H16.C10H14.C8H10/c1-19-16-17-23-22-14-8-9-15-24(22)26(25(23)18-19,20-10-4-2-5-11-20)21-12-6-3-7-13-21;1-13-6-8-15(9-7-13)17-11-10-14-4-2-3-5-16(14)12-17;1-11-8-9-13-12-6-4-5-7-14(12)16(2,3)15(13)10-11;1-9-5-7-10(8-6-9)11(2,3)4;1-7-5-8(2)10(4)9(3)6-7;1-7-3-5-8(2)6-4-7/h2-18H,1H3;2-12H,1H3;4-10H,1-3H3;5-8H,1-4H3;5-6H,1-4H3;3-6H,1-2H3. The van der Waals surface area contributed by atoms with Crippen molar-refractivity contribution in [3.8, 4) is 33.4 Å². The first-order chi connectivity index (χ1) is 42.1. The van der Waals surface area contributed by atoms with Crippen molar-refractivity contribution in [1.29, 1.82) is 0 Å². The molecule has 0 amide bonds. The van der Waals surface area contributed by atoms with Gasteiger partial charge in [0, 0.05) is 5.41 Å². The molecule has 2 aliphatic carbocycles. The fraction of sp³-hybridized carbons (Fsp3) is 0.205. The van der Waals surface area contributed by atoms with Crippen LogP contribution in [0.2, 0.25) is 0 Å². The maximum Gasteiger partial charge on any atom is 0.0713 e. The van der Waals surface area contributed by atoms with Gasteiger partial charge in [-0.3, -0.25) is 0 Å². The third kappa shape index (κ3) is 14.5. The van der Waals surface area contributed by atoms with E-state index in [1.54, 1.807) is 0 Å². The molecule has 0 bridgehead atoms. The molecule has 0 saturated heterocycles. The second-order valence-electron chi connectivity index (χ2n) is 26.0. The van der Waals surface area contributed by atoms with Gasteiger partial charge in [-0.05, 0) is 181 Å². The third-order valence-electron chi connectivity index (χ3n) is 17.7. The summed E-state index contributed by atoms with van der Waals surface area (Å²) in [7, 11) is 0. The normalized spacial score (nSPS) is 12.4. The van der Waals surface area contributed by atoms with E-state index in [0.29, 0.717) is 0 Å². The van der Waals surface area contributed by atoms with Gasteiger partial charge >= 0.3 is 0 Å². The molecule has 0 radical (unpaired) electrons. The lowest BCUT2D eigenvalue weighted by molar-refractivity contribution is 0.590. The Hall–Kier alpha value is -9.10. The van der Waals surface area contributed by atoms with Crippen molar-refractivity contribution in [3.63, 3.8) is 0 Å². The number of fused-ring (bicyclic) bond motifs is 7. The Labute approximate surface area is 528 Å². The molecule has 442 valence electrons. The van der Waals surface area contributed by atoms with Crippen molar-refractivity contribution in [2.24, 2.45) is 0 Å². The van der Waals surface area contributed by atoms with Crippen LogP contribution < -0.4 is 0 Å². The Bertz CT molecular complexity index is 4180. The summed E-state index contributed by atoms with van der Waals surface area (Å²) in [5, 5.41) is 2.59. The summed E-state index contributed by atoms with van der Waals surface area (Å²) < 4.78 is 0. The first kappa shape index (κ1) is 63.4. The molecule has 2 aliphatic rings. The molecule has 0 N–H and O–H groups in total. The molecule has 0 heteroatoms. The van der Waals surface area contributed by atoms with Crippen molar-refractivity contribution in [3.05, 3.63) is 368 Å². The predicted octanol–water partition coefficient (Wildman–Crippen LogP) is 24.0. The Balaban J connectivity index is 0.000000132. The zero-order valence-corrected chi connectivity index (χ0v) is 55.0. The van der Waals surface area contributed by atoms with E-state index in [0.717, 1.165) is 0 Å². The first-order valence-corrected chi connectivity index (χ1v) is 31.4. The van der Waals surface area contributed by atoms with Gasteiger partial charge in [-0.25, -0.2) is 0 Å². The molecule has 0 nitrogen and oxygen atoms in total. The molecule has 0 fully saturated rings. The lowest BCUT2D eigenvalue weighted by atomic mass is 9.67. The van der Waals surface area contributed by atoms with Crippen LogP contribution in [0.1, 0.15) is 129 Å². The van der Waals surface area contributed by atoms with Crippen molar-refractivity contribution in [2.45, 2.75) is 120 Å². The fourth-order valence-electron chi connectivity index (χ4n) is 12.4. The topological polar surface area (TPSA) is 0 Å². The molecule has 12 aromatic carbocycles. The van der Waals surface area contributed by atoms with E-state index < -0.39 is 0 Å². The largest absolute Gasteiger partial charge is 0.0713 e. The van der Waals surface area contributed by atoms with E-state index in [-0.39, 0.29) is 16.2 Å². The van der Waals surface area contributed by atoms with Crippen molar-refractivity contribution < 1.29 is 0 Å². The molecule has 0 heterocycles. The van der Waals surface area contributed by atoms with Crippen molar-refractivity contribution >= 4 is 10.8 Å². The zero-order valence-electron chi connectivity index (χ0n) is 55.0. The molecule has 0 aromatic heterocycles. The van der Waals surface area contributed by atoms with E-state index in [9.17, 15) is 0 Å². The van der Waals surface area contributed by atoms with Crippen LogP contribution in [-0.4, -0.2) is 0 Å². The van der Waals surface area contributed by atoms with Gasteiger partial charge < -0.3 is 0 Å². The number of hydrogen-bond acceptors (Lipinski definition) is 0. The van der Waals surface area contributed by atoms with Crippen LogP contribution in [0.25, 0.3) is 44.2 Å². The minimum Gasteiger partial charge on any atom is -0.0622 e. The third-order valence-corrected chi connectivity index (χ3v) is 17.7. The van der Waals surface area contributed by atoms with Gasteiger partial charge in [-0.15, -0.1) is 0 Å². The van der Waals surface area contributed by atoms with Gasteiger partial charge in [0.15, 0.2) is 0 Å². The smallest absolute Gasteiger partial charge is 0.0622 e. The van der Waals surface area contributed by atoms with Gasteiger partial charge in [0.05, 0.1) is 5.41 Å². The van der Waals surface area contributed by atoms with Gasteiger partial charge in [0.1, 0.15) is 0 Å². The highest BCUT2D eigenvalue weighted by Crippen LogP contribution is 2.56. The molecule has 14 rings (SSSR count). The summed E-state index contributed by atoms with van der Waals surface area (Å²) >= 11 is 0. The van der Waals surface area contributed by atoms with E-state index >= 15 is 0 Å². The summed E-state index contributed by atoms with van der Waals surface area (Å²) in [6.07, 6.45) is 0. The van der Waals surface area contributed by atoms with Crippen LogP contribution in [0, 0.1) is 69.2 Å². The Kier molecular flexibility index (Phi) is 20.0. The Morgan fingerprint density at radius 2 is 0.636 bits per heavy atom. The van der Waals surface area contributed by atoms with Crippen LogP contribution in [0.15, 0.2) is 273 Å². The second kappa shape index (κ2) is 27.7. The minimum atomic E-state index is -0.263. The minimum absolute atomic E-state index is 0.151. The van der Waals surface area contributed by atoms with Crippen LogP contribution >= 0.6 is 0 Å². The summed E-state index contributed by atoms with van der Waals surface area (Å²) in [5.74, 6) is 0. The van der Waals surface area contributed by atoms with E-state index in [2.05, 4.69) is 377 Å². The van der Waals surface area contributed by atoms with Gasteiger partial charge in [0.2, 0.25) is 0 Å². The average Bonchev–Trinajstić information content (AvgIpc) is 1.54. The highest BCUT2D eigenvalue weighted by atomic mass is 14.5. The Morgan fingerprint density at radius 1 is 0.261 bits per heavy atom. The quantitative estimate of drug-likeness (QED) is 0.165. The molecule has 0 spiro atoms. The molecule has 88 heavy (non-hydrogen) atoms. The highest BCUT2D eigenvalue weighted by Gasteiger charge is 2.46. The summed E-state index contributed by atoms with van der Waals surface area (Å²) in [6.45, 7) is 32.7. The summed E-state index contributed by atoms with van der Waals surface area (Å²) in [6, 6.07) is 98.6. The van der Waals surface area contributed by atoms with Gasteiger partial charge in [0.25, 0.3) is 0 Å². The van der Waals surface area contributed by atoms with Crippen LogP contribution in [0.4, 0.5) is 0 Å². The number of aryl methyl sites for hydroxylation is 9. The SMILES string of the molecule is Cc1cc(C)c(C)c(C)c1.Cc1ccc(-c2ccc3ccccc3c2)cc1.Cc1ccc(C(C)(C)C)cc1.Cc1ccc(C)cc1.Cc1ccc2c(c1)C(C)(C)c1ccccc1-2.Cc1ccc2c(c1)C(c1ccccc1)(c1ccccc1)c1ccccc1-2. The molecule has 0 unspecified atom stereocenters. The number of rotatable bonds is 3. The van der Waals surface area contributed by atoms with Crippen molar-refractivity contribution in [2.75, 3.05) is 0 Å². The molecular weight excluding hydrogens is 1060 g/mol. The first-order valence-electron chi connectivity index (χ1n) is 31.4.